The van der Waals surface area contributed by atoms with E-state index >= 15 is 0 Å². The summed E-state index contributed by atoms with van der Waals surface area (Å²) >= 11 is 6.21. The number of methoxy groups -OCH3 is 1. The average molecular weight is 316 g/mol. The fourth-order valence-corrected chi connectivity index (χ4v) is 2.81. The molecule has 0 radical (unpaired) electrons. The van der Waals surface area contributed by atoms with Gasteiger partial charge in [0.25, 0.3) is 0 Å². The predicted molar refractivity (Wildman–Crippen MR) is 89.7 cm³/mol. The number of pyridine rings is 1. The van der Waals surface area contributed by atoms with Crippen LogP contribution in [0.4, 0.5) is 0 Å². The van der Waals surface area contributed by atoms with Gasteiger partial charge in [0.1, 0.15) is 5.15 Å². The number of nitrogens with zero attached hydrogens (tertiary/aromatic N) is 1. The smallest absolute Gasteiger partial charge is 0.214 e. The highest BCUT2D eigenvalue weighted by molar-refractivity contribution is 6.30. The molecule has 0 aliphatic heterocycles. The topological polar surface area (TPSA) is 49.9 Å². The van der Waals surface area contributed by atoms with Crippen molar-refractivity contribution < 1.29 is 4.74 Å². The van der Waals surface area contributed by atoms with Crippen molar-refractivity contribution in [3.63, 3.8) is 0 Å². The van der Waals surface area contributed by atoms with E-state index in [-0.39, 0.29) is 0 Å². The molecule has 2 aromatic heterocycles. The van der Waals surface area contributed by atoms with E-state index in [1.54, 1.807) is 7.11 Å². The lowest BCUT2D eigenvalue weighted by atomic mass is 10.0. The molecule has 2 heterocycles. The Kier molecular flexibility index (Phi) is 4.32. The van der Waals surface area contributed by atoms with Crippen LogP contribution in [-0.4, -0.2) is 24.1 Å². The Bertz CT molecular complexity index is 798. The lowest BCUT2D eigenvalue weighted by Crippen LogP contribution is -2.03. The minimum Gasteiger partial charge on any atom is -0.481 e. The lowest BCUT2D eigenvalue weighted by Gasteiger charge is -2.06. The standard InChI is InChI=1S/C17H18ClN3O/c1-19-9-13-10-20-15-8-11(3-5-14(13)15)7-12-4-6-16(22-2)21-17(12)18/h3-6,8,10,19-20H,7,9H2,1-2H3. The summed E-state index contributed by atoms with van der Waals surface area (Å²) in [5.74, 6) is 0.533. The first kappa shape index (κ1) is 14.9. The Labute approximate surface area is 134 Å². The Morgan fingerprint density at radius 2 is 2.09 bits per heavy atom. The summed E-state index contributed by atoms with van der Waals surface area (Å²) in [7, 11) is 3.53. The summed E-state index contributed by atoms with van der Waals surface area (Å²) in [6.45, 7) is 0.855. The van der Waals surface area contributed by atoms with Crippen molar-refractivity contribution in [3.8, 4) is 5.88 Å². The van der Waals surface area contributed by atoms with Gasteiger partial charge in [0.15, 0.2) is 0 Å². The minimum atomic E-state index is 0.488. The molecule has 0 atom stereocenters. The van der Waals surface area contributed by atoms with Crippen LogP contribution in [0.5, 0.6) is 5.88 Å². The minimum absolute atomic E-state index is 0.488. The van der Waals surface area contributed by atoms with Crippen molar-refractivity contribution >= 4 is 22.5 Å². The number of nitrogens with one attached hydrogen (secondary N) is 2. The number of benzene rings is 1. The van der Waals surface area contributed by atoms with E-state index in [9.17, 15) is 0 Å². The maximum Gasteiger partial charge on any atom is 0.214 e. The van der Waals surface area contributed by atoms with Gasteiger partial charge in [0, 0.05) is 36.1 Å². The van der Waals surface area contributed by atoms with Crippen molar-refractivity contribution in [1.82, 2.24) is 15.3 Å². The van der Waals surface area contributed by atoms with Crippen LogP contribution in [0.15, 0.2) is 36.5 Å². The van der Waals surface area contributed by atoms with Crippen molar-refractivity contribution in [2.24, 2.45) is 0 Å². The van der Waals surface area contributed by atoms with E-state index in [1.165, 1.54) is 16.5 Å². The number of halogens is 1. The molecule has 0 bridgehead atoms. The third-order valence-corrected chi connectivity index (χ3v) is 4.03. The van der Waals surface area contributed by atoms with Gasteiger partial charge in [-0.1, -0.05) is 29.8 Å². The van der Waals surface area contributed by atoms with E-state index in [0.717, 1.165) is 24.0 Å². The Morgan fingerprint density at radius 3 is 2.82 bits per heavy atom. The van der Waals surface area contributed by atoms with Crippen LogP contribution >= 0.6 is 11.6 Å². The number of hydrogen-bond acceptors (Lipinski definition) is 3. The fraction of sp³-hybridized carbons (Fsp3) is 0.235. The molecule has 22 heavy (non-hydrogen) atoms. The van der Waals surface area contributed by atoms with Gasteiger partial charge >= 0.3 is 0 Å². The van der Waals surface area contributed by atoms with E-state index in [1.807, 2.05) is 25.4 Å². The molecular weight excluding hydrogens is 298 g/mol. The second-order valence-electron chi connectivity index (χ2n) is 5.20. The average Bonchev–Trinajstić information content (AvgIpc) is 2.92. The number of aromatic nitrogens is 2. The molecule has 0 unspecified atom stereocenters. The number of ether oxygens (including phenoxy) is 1. The van der Waals surface area contributed by atoms with Gasteiger partial charge in [-0.25, -0.2) is 4.98 Å². The molecule has 0 spiro atoms. The highest BCUT2D eigenvalue weighted by Gasteiger charge is 2.08. The van der Waals surface area contributed by atoms with Gasteiger partial charge in [-0.05, 0) is 29.8 Å². The Hall–Kier alpha value is -2.04. The first-order valence-electron chi connectivity index (χ1n) is 7.14. The van der Waals surface area contributed by atoms with Crippen molar-refractivity contribution in [1.29, 1.82) is 0 Å². The predicted octanol–water partition coefficient (Wildman–Crippen LogP) is 3.54. The number of rotatable bonds is 5. The van der Waals surface area contributed by atoms with Crippen LogP contribution in [0.2, 0.25) is 5.15 Å². The monoisotopic (exact) mass is 315 g/mol. The second-order valence-corrected chi connectivity index (χ2v) is 5.56. The van der Waals surface area contributed by atoms with E-state index in [0.29, 0.717) is 11.0 Å². The van der Waals surface area contributed by atoms with Gasteiger partial charge in [0.05, 0.1) is 7.11 Å². The van der Waals surface area contributed by atoms with E-state index in [2.05, 4.69) is 33.5 Å². The van der Waals surface area contributed by atoms with Gasteiger partial charge in [0.2, 0.25) is 5.88 Å². The van der Waals surface area contributed by atoms with E-state index < -0.39 is 0 Å². The summed E-state index contributed by atoms with van der Waals surface area (Å²) in [6, 6.07) is 10.2. The summed E-state index contributed by atoms with van der Waals surface area (Å²) in [5.41, 5.74) is 4.59. The molecule has 114 valence electrons. The maximum atomic E-state index is 6.21. The van der Waals surface area contributed by atoms with Gasteiger partial charge in [-0.2, -0.15) is 0 Å². The molecule has 0 aliphatic carbocycles. The molecule has 0 fully saturated rings. The van der Waals surface area contributed by atoms with Crippen molar-refractivity contribution in [2.75, 3.05) is 14.2 Å². The molecule has 0 saturated carbocycles. The van der Waals surface area contributed by atoms with Crippen LogP contribution in [0.3, 0.4) is 0 Å². The molecule has 3 aromatic rings. The van der Waals surface area contributed by atoms with Crippen LogP contribution in [-0.2, 0) is 13.0 Å². The maximum absolute atomic E-state index is 6.21. The van der Waals surface area contributed by atoms with E-state index in [4.69, 9.17) is 16.3 Å². The largest absolute Gasteiger partial charge is 0.481 e. The number of hydrogen-bond donors (Lipinski definition) is 2. The summed E-state index contributed by atoms with van der Waals surface area (Å²) in [4.78, 5) is 7.53. The van der Waals surface area contributed by atoms with Crippen LogP contribution in [0.1, 0.15) is 16.7 Å². The Balaban J connectivity index is 1.88. The van der Waals surface area contributed by atoms with Gasteiger partial charge < -0.3 is 15.0 Å². The number of fused-ring (bicyclic) bond motifs is 1. The third kappa shape index (κ3) is 2.93. The zero-order chi connectivity index (χ0) is 15.5. The highest BCUT2D eigenvalue weighted by atomic mass is 35.5. The van der Waals surface area contributed by atoms with Gasteiger partial charge in [-0.15, -0.1) is 0 Å². The fourth-order valence-electron chi connectivity index (χ4n) is 2.59. The molecule has 3 rings (SSSR count). The molecule has 4 nitrogen and oxygen atoms in total. The van der Waals surface area contributed by atoms with Crippen molar-refractivity contribution in [3.05, 3.63) is 58.4 Å². The van der Waals surface area contributed by atoms with Gasteiger partial charge in [-0.3, -0.25) is 0 Å². The normalized spacial score (nSPS) is 11.0. The highest BCUT2D eigenvalue weighted by Crippen LogP contribution is 2.24. The first-order valence-corrected chi connectivity index (χ1v) is 7.52. The second kappa shape index (κ2) is 6.38. The zero-order valence-electron chi connectivity index (χ0n) is 12.6. The van der Waals surface area contributed by atoms with Crippen LogP contribution in [0, 0.1) is 0 Å². The number of H-pyrrole nitrogens is 1. The summed E-state index contributed by atoms with van der Waals surface area (Å²) in [6.07, 6.45) is 2.79. The molecule has 2 N–H and O–H groups in total. The molecule has 0 saturated heterocycles. The molecule has 5 heteroatoms. The van der Waals surface area contributed by atoms with Crippen LogP contribution in [0.25, 0.3) is 10.9 Å². The SMILES string of the molecule is CNCc1c[nH]c2cc(Cc3ccc(OC)nc3Cl)ccc12. The molecule has 1 aromatic carbocycles. The van der Waals surface area contributed by atoms with Crippen molar-refractivity contribution in [2.45, 2.75) is 13.0 Å². The summed E-state index contributed by atoms with van der Waals surface area (Å²) in [5, 5.41) is 4.91. The molecular formula is C17H18ClN3O. The molecule has 0 aliphatic rings. The Morgan fingerprint density at radius 1 is 1.23 bits per heavy atom. The van der Waals surface area contributed by atoms with Crippen LogP contribution < -0.4 is 10.1 Å². The lowest BCUT2D eigenvalue weighted by molar-refractivity contribution is 0.397. The zero-order valence-corrected chi connectivity index (χ0v) is 13.4. The third-order valence-electron chi connectivity index (χ3n) is 3.70. The quantitative estimate of drug-likeness (QED) is 0.708. The summed E-state index contributed by atoms with van der Waals surface area (Å²) < 4.78 is 5.08. The number of aromatic amines is 1. The first-order chi connectivity index (χ1) is 10.7. The molecule has 0 amide bonds.